The Balaban J connectivity index is 2.42. The van der Waals surface area contributed by atoms with Crippen LogP contribution in [-0.4, -0.2) is 16.6 Å². The first-order valence-corrected chi connectivity index (χ1v) is 4.41. The lowest BCUT2D eigenvalue weighted by molar-refractivity contribution is -0.140. The van der Waals surface area contributed by atoms with Gasteiger partial charge in [0.25, 0.3) is 0 Å². The second-order valence-corrected chi connectivity index (χ2v) is 3.44. The van der Waals surface area contributed by atoms with Gasteiger partial charge in [0.1, 0.15) is 0 Å². The number of carbonyl (C=O) groups is 1. The molecule has 0 radical (unpaired) electrons. The molecule has 0 saturated carbocycles. The number of carboxylic acids is 1. The van der Waals surface area contributed by atoms with Crippen LogP contribution in [-0.2, 0) is 11.2 Å². The minimum Gasteiger partial charge on any atom is -0.479 e. The summed E-state index contributed by atoms with van der Waals surface area (Å²) in [6.45, 7) is 3.58. The molecule has 1 aromatic carbocycles. The van der Waals surface area contributed by atoms with Gasteiger partial charge in [0, 0.05) is 12.1 Å². The minimum atomic E-state index is -1.02. The van der Waals surface area contributed by atoms with E-state index in [4.69, 9.17) is 5.11 Å². The zero-order valence-corrected chi connectivity index (χ0v) is 7.66. The number of rotatable bonds is 2. The maximum Gasteiger partial charge on any atom is 0.333 e. The normalized spacial score (nSPS) is 23.7. The lowest BCUT2D eigenvalue weighted by atomic mass is 9.96. The van der Waals surface area contributed by atoms with Crippen LogP contribution in [0.3, 0.4) is 0 Å². The molecule has 0 saturated heterocycles. The van der Waals surface area contributed by atoms with Gasteiger partial charge in [0.2, 0.25) is 0 Å². The first-order valence-electron chi connectivity index (χ1n) is 4.41. The van der Waals surface area contributed by atoms with Gasteiger partial charge in [-0.05, 0) is 11.6 Å². The van der Waals surface area contributed by atoms with E-state index in [0.717, 1.165) is 11.3 Å². The summed E-state index contributed by atoms with van der Waals surface area (Å²) in [5.41, 5.74) is 0.883. The Bertz CT molecular complexity index is 373. The molecule has 1 heterocycles. The van der Waals surface area contributed by atoms with E-state index in [1.54, 1.807) is 0 Å². The molecule has 0 fully saturated rings. The van der Waals surface area contributed by atoms with Crippen molar-refractivity contribution in [2.45, 2.75) is 12.0 Å². The van der Waals surface area contributed by atoms with Gasteiger partial charge in [-0.25, -0.2) is 4.79 Å². The van der Waals surface area contributed by atoms with Crippen LogP contribution in [0, 0.1) is 0 Å². The second-order valence-electron chi connectivity index (χ2n) is 3.44. The van der Waals surface area contributed by atoms with Crippen molar-refractivity contribution in [1.29, 1.82) is 0 Å². The molecule has 1 aliphatic rings. The molecule has 1 atom stereocenters. The van der Waals surface area contributed by atoms with Crippen LogP contribution in [0.25, 0.3) is 0 Å². The summed E-state index contributed by atoms with van der Waals surface area (Å²) >= 11 is 0. The molecule has 3 nitrogen and oxygen atoms in total. The smallest absolute Gasteiger partial charge is 0.333 e. The van der Waals surface area contributed by atoms with Gasteiger partial charge in [-0.15, -0.1) is 6.58 Å². The van der Waals surface area contributed by atoms with E-state index in [9.17, 15) is 4.79 Å². The monoisotopic (exact) mass is 189 g/mol. The van der Waals surface area contributed by atoms with Crippen LogP contribution in [0.4, 0.5) is 5.69 Å². The third-order valence-corrected chi connectivity index (χ3v) is 2.57. The Morgan fingerprint density at radius 1 is 1.57 bits per heavy atom. The number of hydrogen-bond acceptors (Lipinski definition) is 2. The van der Waals surface area contributed by atoms with Gasteiger partial charge in [-0.1, -0.05) is 24.3 Å². The summed E-state index contributed by atoms with van der Waals surface area (Å²) in [6.07, 6.45) is 1.91. The van der Waals surface area contributed by atoms with E-state index in [-0.39, 0.29) is 0 Å². The van der Waals surface area contributed by atoms with Crippen LogP contribution in [0.5, 0.6) is 0 Å². The molecular formula is C11H11NO2. The molecule has 0 aromatic heterocycles. The summed E-state index contributed by atoms with van der Waals surface area (Å²) in [4.78, 5) is 11.1. The number of anilines is 1. The molecule has 3 heteroatoms. The summed E-state index contributed by atoms with van der Waals surface area (Å²) < 4.78 is 0. The van der Waals surface area contributed by atoms with Crippen molar-refractivity contribution >= 4 is 11.7 Å². The predicted octanol–water partition coefficient (Wildman–Crippen LogP) is 1.66. The lowest BCUT2D eigenvalue weighted by Crippen LogP contribution is -2.42. The SMILES string of the molecule is C=CC1(C(=O)O)Cc2ccccc2N1. The number of carboxylic acid groups (broad SMARTS) is 1. The minimum absolute atomic E-state index is 0.460. The summed E-state index contributed by atoms with van der Waals surface area (Å²) in [7, 11) is 0. The molecule has 0 amide bonds. The predicted molar refractivity (Wildman–Crippen MR) is 54.3 cm³/mol. The highest BCUT2D eigenvalue weighted by atomic mass is 16.4. The average Bonchev–Trinajstić information content (AvgIpc) is 2.57. The maximum absolute atomic E-state index is 11.1. The molecule has 14 heavy (non-hydrogen) atoms. The number of nitrogens with one attached hydrogen (secondary N) is 1. The fourth-order valence-corrected chi connectivity index (χ4v) is 1.72. The summed E-state index contributed by atoms with van der Waals surface area (Å²) in [5, 5.41) is 12.1. The van der Waals surface area contributed by atoms with Gasteiger partial charge in [0.15, 0.2) is 5.54 Å². The quantitative estimate of drug-likeness (QED) is 0.696. The fourth-order valence-electron chi connectivity index (χ4n) is 1.72. The van der Waals surface area contributed by atoms with E-state index < -0.39 is 11.5 Å². The molecule has 0 bridgehead atoms. The summed E-state index contributed by atoms with van der Waals surface area (Å²) in [6, 6.07) is 7.59. The number of benzene rings is 1. The van der Waals surface area contributed by atoms with Crippen molar-refractivity contribution in [3.8, 4) is 0 Å². The molecule has 0 spiro atoms. The molecule has 1 unspecified atom stereocenters. The van der Waals surface area contributed by atoms with Gasteiger partial charge in [-0.3, -0.25) is 0 Å². The molecule has 2 rings (SSSR count). The van der Waals surface area contributed by atoms with Crippen molar-refractivity contribution in [3.63, 3.8) is 0 Å². The van der Waals surface area contributed by atoms with Crippen molar-refractivity contribution in [1.82, 2.24) is 0 Å². The number of hydrogen-bond donors (Lipinski definition) is 2. The molecule has 1 aromatic rings. The molecular weight excluding hydrogens is 178 g/mol. The van der Waals surface area contributed by atoms with Crippen molar-refractivity contribution < 1.29 is 9.90 Å². The Morgan fingerprint density at radius 2 is 2.29 bits per heavy atom. The standard InChI is InChI=1S/C11H11NO2/c1-2-11(10(13)14)7-8-5-3-4-6-9(8)12-11/h2-6,12H,1,7H2,(H,13,14). The Hall–Kier alpha value is -1.77. The number of para-hydroxylation sites is 1. The molecule has 1 aliphatic heterocycles. The van der Waals surface area contributed by atoms with Crippen LogP contribution in [0.2, 0.25) is 0 Å². The van der Waals surface area contributed by atoms with Crippen molar-refractivity contribution in [2.24, 2.45) is 0 Å². The van der Waals surface area contributed by atoms with Gasteiger partial charge < -0.3 is 10.4 Å². The van der Waals surface area contributed by atoms with Crippen LogP contribution < -0.4 is 5.32 Å². The van der Waals surface area contributed by atoms with E-state index >= 15 is 0 Å². The highest BCUT2D eigenvalue weighted by Gasteiger charge is 2.40. The lowest BCUT2D eigenvalue weighted by Gasteiger charge is -2.20. The van der Waals surface area contributed by atoms with Crippen molar-refractivity contribution in [2.75, 3.05) is 5.32 Å². The number of aliphatic carboxylic acids is 1. The highest BCUT2D eigenvalue weighted by molar-refractivity contribution is 5.89. The zero-order valence-electron chi connectivity index (χ0n) is 7.66. The first kappa shape index (κ1) is 8.81. The first-order chi connectivity index (χ1) is 6.68. The topological polar surface area (TPSA) is 49.3 Å². The molecule has 2 N–H and O–H groups in total. The highest BCUT2D eigenvalue weighted by Crippen LogP contribution is 2.32. The average molecular weight is 189 g/mol. The third-order valence-electron chi connectivity index (χ3n) is 2.57. The number of fused-ring (bicyclic) bond motifs is 1. The van der Waals surface area contributed by atoms with E-state index in [1.165, 1.54) is 6.08 Å². The Kier molecular flexibility index (Phi) is 1.81. The van der Waals surface area contributed by atoms with Crippen LogP contribution in [0.15, 0.2) is 36.9 Å². The van der Waals surface area contributed by atoms with Crippen LogP contribution in [0.1, 0.15) is 5.56 Å². The van der Waals surface area contributed by atoms with E-state index in [2.05, 4.69) is 11.9 Å². The Labute approximate surface area is 82.1 Å². The van der Waals surface area contributed by atoms with Crippen LogP contribution >= 0.6 is 0 Å². The third kappa shape index (κ3) is 1.09. The maximum atomic E-state index is 11.1. The second kappa shape index (κ2) is 2.87. The Morgan fingerprint density at radius 3 is 2.86 bits per heavy atom. The largest absolute Gasteiger partial charge is 0.479 e. The molecule has 0 aliphatic carbocycles. The van der Waals surface area contributed by atoms with E-state index in [1.807, 2.05) is 24.3 Å². The van der Waals surface area contributed by atoms with Gasteiger partial charge in [-0.2, -0.15) is 0 Å². The van der Waals surface area contributed by atoms with Gasteiger partial charge >= 0.3 is 5.97 Å². The summed E-state index contributed by atoms with van der Waals surface area (Å²) in [5.74, 6) is -0.885. The fraction of sp³-hybridized carbons (Fsp3) is 0.182. The van der Waals surface area contributed by atoms with Gasteiger partial charge in [0.05, 0.1) is 0 Å². The van der Waals surface area contributed by atoms with E-state index in [0.29, 0.717) is 6.42 Å². The molecule has 72 valence electrons. The zero-order chi connectivity index (χ0) is 10.2. The van der Waals surface area contributed by atoms with Crippen molar-refractivity contribution in [3.05, 3.63) is 42.5 Å².